The van der Waals surface area contributed by atoms with Gasteiger partial charge in [-0.2, -0.15) is 0 Å². The number of hydrogen-bond donors (Lipinski definition) is 1. The van der Waals surface area contributed by atoms with Crippen LogP contribution in [0.4, 0.5) is 11.6 Å². The molecule has 2 aliphatic rings. The van der Waals surface area contributed by atoms with Crippen LogP contribution in [0.2, 0.25) is 0 Å². The minimum atomic E-state index is 0.554. The van der Waals surface area contributed by atoms with Gasteiger partial charge in [0.25, 0.3) is 0 Å². The lowest BCUT2D eigenvalue weighted by Crippen LogP contribution is -2.50. The highest BCUT2D eigenvalue weighted by atomic mass is 15.3. The molecule has 0 spiro atoms. The molecule has 16 heavy (non-hydrogen) atoms. The summed E-state index contributed by atoms with van der Waals surface area (Å²) in [5.74, 6) is 1.53. The summed E-state index contributed by atoms with van der Waals surface area (Å²) in [6.45, 7) is 4.54. The number of rotatable bonds is 1. The Kier molecular flexibility index (Phi) is 2.40. The molecule has 2 aliphatic heterocycles. The molecule has 3 rings (SSSR count). The lowest BCUT2D eigenvalue weighted by molar-refractivity contribution is 0.230. The Hall–Kier alpha value is -1.36. The minimum Gasteiger partial charge on any atom is -0.384 e. The van der Waals surface area contributed by atoms with Crippen LogP contribution in [0.15, 0.2) is 12.4 Å². The molecular weight excluding hydrogens is 202 g/mol. The Bertz CT molecular complexity index is 380. The highest BCUT2D eigenvalue weighted by molar-refractivity contribution is 5.46. The molecule has 5 heteroatoms. The number of piperazine rings is 1. The van der Waals surface area contributed by atoms with E-state index in [1.54, 1.807) is 6.33 Å². The van der Waals surface area contributed by atoms with Crippen molar-refractivity contribution < 1.29 is 0 Å². The smallest absolute Gasteiger partial charge is 0.134 e. The molecule has 0 aliphatic carbocycles. The Morgan fingerprint density at radius 3 is 3.06 bits per heavy atom. The van der Waals surface area contributed by atoms with Gasteiger partial charge < -0.3 is 10.6 Å². The topological polar surface area (TPSA) is 58.3 Å². The lowest BCUT2D eigenvalue weighted by Gasteiger charge is -2.38. The number of fused-ring (bicyclic) bond motifs is 1. The fourth-order valence-corrected chi connectivity index (χ4v) is 2.73. The third kappa shape index (κ3) is 1.71. The monoisotopic (exact) mass is 219 g/mol. The molecule has 2 N–H and O–H groups in total. The summed E-state index contributed by atoms with van der Waals surface area (Å²) in [4.78, 5) is 13.1. The van der Waals surface area contributed by atoms with E-state index in [1.807, 2.05) is 6.07 Å². The van der Waals surface area contributed by atoms with E-state index in [4.69, 9.17) is 5.73 Å². The molecule has 1 atom stereocenters. The van der Waals surface area contributed by atoms with Crippen molar-refractivity contribution in [3.8, 4) is 0 Å². The molecule has 0 radical (unpaired) electrons. The third-order valence-electron chi connectivity index (χ3n) is 3.59. The predicted molar refractivity (Wildman–Crippen MR) is 63.3 cm³/mol. The van der Waals surface area contributed by atoms with Crippen LogP contribution in [0.5, 0.6) is 0 Å². The molecule has 2 saturated heterocycles. The fourth-order valence-electron chi connectivity index (χ4n) is 2.73. The lowest BCUT2D eigenvalue weighted by atomic mass is 10.1. The van der Waals surface area contributed by atoms with Crippen LogP contribution in [-0.4, -0.2) is 47.1 Å². The largest absolute Gasteiger partial charge is 0.384 e. The van der Waals surface area contributed by atoms with E-state index in [0.717, 1.165) is 25.5 Å². The molecule has 1 aromatic rings. The highest BCUT2D eigenvalue weighted by Crippen LogP contribution is 2.24. The Morgan fingerprint density at radius 2 is 2.19 bits per heavy atom. The van der Waals surface area contributed by atoms with Gasteiger partial charge in [-0.15, -0.1) is 0 Å². The first-order valence-electron chi connectivity index (χ1n) is 5.89. The zero-order chi connectivity index (χ0) is 11.0. The molecule has 86 valence electrons. The maximum absolute atomic E-state index is 5.68. The van der Waals surface area contributed by atoms with Crippen LogP contribution in [0, 0.1) is 0 Å². The number of aromatic nitrogens is 2. The first-order valence-corrected chi connectivity index (χ1v) is 5.89. The van der Waals surface area contributed by atoms with Gasteiger partial charge in [-0.1, -0.05) is 0 Å². The summed E-state index contributed by atoms with van der Waals surface area (Å²) in [6.07, 6.45) is 4.20. The second-order valence-electron chi connectivity index (χ2n) is 4.58. The predicted octanol–water partition coefficient (Wildman–Crippen LogP) is 0.343. The summed E-state index contributed by atoms with van der Waals surface area (Å²) in [7, 11) is 0. The zero-order valence-electron chi connectivity index (χ0n) is 9.34. The van der Waals surface area contributed by atoms with Gasteiger partial charge in [0.2, 0.25) is 0 Å². The normalized spacial score (nSPS) is 25.8. The van der Waals surface area contributed by atoms with Crippen molar-refractivity contribution in [2.75, 3.05) is 36.8 Å². The standard InChI is InChI=1S/C11H17N5/c12-10-6-11(14-8-13-10)16-5-4-15-3-1-2-9(15)7-16/h6,8-9H,1-5,7H2,(H2,12,13,14). The Morgan fingerprint density at radius 1 is 1.25 bits per heavy atom. The van der Waals surface area contributed by atoms with Crippen LogP contribution < -0.4 is 10.6 Å². The van der Waals surface area contributed by atoms with Gasteiger partial charge >= 0.3 is 0 Å². The van der Waals surface area contributed by atoms with Crippen LogP contribution in [-0.2, 0) is 0 Å². The highest BCUT2D eigenvalue weighted by Gasteiger charge is 2.30. The third-order valence-corrected chi connectivity index (χ3v) is 3.59. The van der Waals surface area contributed by atoms with Crippen LogP contribution >= 0.6 is 0 Å². The molecule has 0 amide bonds. The quantitative estimate of drug-likeness (QED) is 0.738. The van der Waals surface area contributed by atoms with Gasteiger partial charge in [0.05, 0.1) is 0 Å². The van der Waals surface area contributed by atoms with Crippen molar-refractivity contribution in [3.63, 3.8) is 0 Å². The van der Waals surface area contributed by atoms with Gasteiger partial charge in [-0.05, 0) is 19.4 Å². The average molecular weight is 219 g/mol. The van der Waals surface area contributed by atoms with Crippen molar-refractivity contribution in [3.05, 3.63) is 12.4 Å². The number of nitrogens with two attached hydrogens (primary N) is 1. The van der Waals surface area contributed by atoms with E-state index < -0.39 is 0 Å². The number of hydrogen-bond acceptors (Lipinski definition) is 5. The number of anilines is 2. The summed E-state index contributed by atoms with van der Waals surface area (Å²) >= 11 is 0. The Labute approximate surface area is 95.3 Å². The maximum Gasteiger partial charge on any atom is 0.134 e. The molecule has 5 nitrogen and oxygen atoms in total. The SMILES string of the molecule is Nc1cc(N2CCN3CCCC3C2)ncn1. The van der Waals surface area contributed by atoms with E-state index in [1.165, 1.54) is 19.4 Å². The van der Waals surface area contributed by atoms with Gasteiger partial charge in [0.1, 0.15) is 18.0 Å². The number of nitrogens with zero attached hydrogens (tertiary/aromatic N) is 4. The summed E-state index contributed by atoms with van der Waals surface area (Å²) in [5, 5.41) is 0. The first-order chi connectivity index (χ1) is 7.83. The van der Waals surface area contributed by atoms with Gasteiger partial charge in [-0.3, -0.25) is 4.90 Å². The van der Waals surface area contributed by atoms with Crippen molar-refractivity contribution in [2.45, 2.75) is 18.9 Å². The van der Waals surface area contributed by atoms with Crippen molar-refractivity contribution in [1.82, 2.24) is 14.9 Å². The van der Waals surface area contributed by atoms with Crippen LogP contribution in [0.25, 0.3) is 0 Å². The molecule has 2 fully saturated rings. The van der Waals surface area contributed by atoms with E-state index in [-0.39, 0.29) is 0 Å². The van der Waals surface area contributed by atoms with E-state index >= 15 is 0 Å². The van der Waals surface area contributed by atoms with E-state index in [9.17, 15) is 0 Å². The molecular formula is C11H17N5. The van der Waals surface area contributed by atoms with Gasteiger partial charge in [-0.25, -0.2) is 9.97 Å². The van der Waals surface area contributed by atoms with Crippen molar-refractivity contribution in [1.29, 1.82) is 0 Å². The van der Waals surface area contributed by atoms with E-state index in [2.05, 4.69) is 19.8 Å². The molecule has 3 heterocycles. The fraction of sp³-hybridized carbons (Fsp3) is 0.636. The molecule has 1 unspecified atom stereocenters. The summed E-state index contributed by atoms with van der Waals surface area (Å²) in [6, 6.07) is 2.58. The summed E-state index contributed by atoms with van der Waals surface area (Å²) in [5.41, 5.74) is 5.68. The van der Waals surface area contributed by atoms with Crippen LogP contribution in [0.1, 0.15) is 12.8 Å². The first kappa shape index (κ1) is 9.84. The zero-order valence-corrected chi connectivity index (χ0v) is 9.34. The van der Waals surface area contributed by atoms with Crippen LogP contribution in [0.3, 0.4) is 0 Å². The average Bonchev–Trinajstić information content (AvgIpc) is 2.75. The number of nitrogen functional groups attached to an aromatic ring is 1. The van der Waals surface area contributed by atoms with Crippen molar-refractivity contribution >= 4 is 11.6 Å². The molecule has 0 aromatic carbocycles. The van der Waals surface area contributed by atoms with Crippen molar-refractivity contribution in [2.24, 2.45) is 0 Å². The second-order valence-corrected chi connectivity index (χ2v) is 4.58. The Balaban J connectivity index is 1.76. The molecule has 0 bridgehead atoms. The minimum absolute atomic E-state index is 0.554. The second kappa shape index (κ2) is 3.90. The van der Waals surface area contributed by atoms with Gasteiger partial charge in [0, 0.05) is 31.7 Å². The maximum atomic E-state index is 5.68. The molecule has 1 aromatic heterocycles. The molecule has 0 saturated carbocycles. The van der Waals surface area contributed by atoms with E-state index in [0.29, 0.717) is 11.9 Å². The summed E-state index contributed by atoms with van der Waals surface area (Å²) < 4.78 is 0. The van der Waals surface area contributed by atoms with Gasteiger partial charge in [0.15, 0.2) is 0 Å².